The lowest BCUT2D eigenvalue weighted by atomic mass is 10.3. The van der Waals surface area contributed by atoms with Gasteiger partial charge in [0, 0.05) is 11.3 Å². The highest BCUT2D eigenvalue weighted by atomic mass is 32.1. The third kappa shape index (κ3) is 2.67. The Kier molecular flexibility index (Phi) is 3.34. The molecule has 76 valence electrons. The molecule has 1 aliphatic rings. The summed E-state index contributed by atoms with van der Waals surface area (Å²) in [6.07, 6.45) is 1.16. The molecule has 1 fully saturated rings. The smallest absolute Gasteiger partial charge is 0.174 e. The Morgan fingerprint density at radius 2 is 2.21 bits per heavy atom. The van der Waals surface area contributed by atoms with Gasteiger partial charge in [-0.2, -0.15) is 0 Å². The van der Waals surface area contributed by atoms with E-state index in [9.17, 15) is 0 Å². The molecule has 0 saturated carbocycles. The van der Waals surface area contributed by atoms with Crippen molar-refractivity contribution in [2.75, 3.05) is 19.9 Å². The summed E-state index contributed by atoms with van der Waals surface area (Å²) >= 11 is 6.82. The fourth-order valence-corrected chi connectivity index (χ4v) is 2.32. The lowest BCUT2D eigenvalue weighted by Gasteiger charge is -2.26. The van der Waals surface area contributed by atoms with Crippen molar-refractivity contribution in [3.8, 4) is 0 Å². The van der Waals surface area contributed by atoms with Gasteiger partial charge in [-0.1, -0.05) is 6.07 Å². The minimum absolute atomic E-state index is 0.782. The Bertz CT molecular complexity index is 287. The molecule has 1 aromatic heterocycles. The van der Waals surface area contributed by atoms with Gasteiger partial charge in [0.1, 0.15) is 0 Å². The molecule has 0 aromatic carbocycles. The molecule has 3 nitrogen and oxygen atoms in total. The van der Waals surface area contributed by atoms with Crippen molar-refractivity contribution in [3.05, 3.63) is 22.4 Å². The van der Waals surface area contributed by atoms with E-state index in [1.54, 1.807) is 0 Å². The molecule has 1 aromatic rings. The summed E-state index contributed by atoms with van der Waals surface area (Å²) in [7, 11) is 0. The first-order chi connectivity index (χ1) is 6.84. The van der Waals surface area contributed by atoms with Crippen molar-refractivity contribution in [1.29, 1.82) is 0 Å². The third-order valence-corrected chi connectivity index (χ3v) is 3.53. The van der Waals surface area contributed by atoms with Crippen LogP contribution in [-0.2, 0) is 6.42 Å². The molecule has 0 spiro atoms. The summed E-state index contributed by atoms with van der Waals surface area (Å²) in [4.78, 5) is 2.97. The lowest BCUT2D eigenvalue weighted by molar-refractivity contribution is -0.906. The summed E-state index contributed by atoms with van der Waals surface area (Å²) in [6, 6.07) is 4.30. The predicted molar refractivity (Wildman–Crippen MR) is 62.5 cm³/mol. The number of rotatable bonds is 3. The molecule has 2 heterocycles. The summed E-state index contributed by atoms with van der Waals surface area (Å²) in [5.74, 6) is 0. The fraction of sp³-hybridized carbons (Fsp3) is 0.444. The van der Waals surface area contributed by atoms with Crippen molar-refractivity contribution in [1.82, 2.24) is 10.6 Å². The van der Waals surface area contributed by atoms with Crippen molar-refractivity contribution in [2.24, 2.45) is 0 Å². The zero-order valence-corrected chi connectivity index (χ0v) is 9.51. The fourth-order valence-electron chi connectivity index (χ4n) is 1.47. The summed E-state index contributed by atoms with van der Waals surface area (Å²) in [6.45, 7) is 3.04. The topological polar surface area (TPSA) is 28.5 Å². The molecule has 2 rings (SSSR count). The summed E-state index contributed by atoms with van der Waals surface area (Å²) in [5.41, 5.74) is 0. The molecule has 5 heteroatoms. The van der Waals surface area contributed by atoms with Gasteiger partial charge in [-0.05, 0) is 23.7 Å². The van der Waals surface area contributed by atoms with Crippen molar-refractivity contribution >= 4 is 28.7 Å². The summed E-state index contributed by atoms with van der Waals surface area (Å²) in [5, 5.41) is 9.21. The normalized spacial score (nSPS) is 17.6. The van der Waals surface area contributed by atoms with E-state index >= 15 is 0 Å². The van der Waals surface area contributed by atoms with Gasteiger partial charge in [0.15, 0.2) is 18.4 Å². The van der Waals surface area contributed by atoms with Crippen molar-refractivity contribution in [3.63, 3.8) is 0 Å². The second-order valence-electron chi connectivity index (χ2n) is 3.37. The number of thiophene rings is 1. The second kappa shape index (κ2) is 4.72. The number of thiocarbonyl (C=S) groups is 1. The maximum atomic E-state index is 4.99. The van der Waals surface area contributed by atoms with Crippen LogP contribution in [0.2, 0.25) is 0 Å². The number of hydrogen-bond donors (Lipinski definition) is 3. The summed E-state index contributed by atoms with van der Waals surface area (Å²) < 4.78 is 0. The number of quaternary nitrogens is 1. The molecule has 1 saturated heterocycles. The zero-order valence-electron chi connectivity index (χ0n) is 7.88. The molecule has 0 unspecified atom stereocenters. The van der Waals surface area contributed by atoms with E-state index in [4.69, 9.17) is 12.2 Å². The number of hydrogen-bond acceptors (Lipinski definition) is 2. The van der Waals surface area contributed by atoms with Crippen LogP contribution < -0.4 is 15.5 Å². The molecule has 0 bridgehead atoms. The van der Waals surface area contributed by atoms with E-state index in [1.807, 2.05) is 11.3 Å². The molecule has 0 radical (unpaired) electrons. The minimum Gasteiger partial charge on any atom is -0.316 e. The maximum Gasteiger partial charge on any atom is 0.174 e. The van der Waals surface area contributed by atoms with E-state index < -0.39 is 0 Å². The average Bonchev–Trinajstić information content (AvgIpc) is 2.70. The Labute approximate surface area is 93.1 Å². The van der Waals surface area contributed by atoms with Gasteiger partial charge in [0.2, 0.25) is 0 Å². The van der Waals surface area contributed by atoms with Crippen LogP contribution in [0.5, 0.6) is 0 Å². The molecule has 3 N–H and O–H groups in total. The van der Waals surface area contributed by atoms with E-state index in [1.165, 1.54) is 9.78 Å². The van der Waals surface area contributed by atoms with E-state index in [0.717, 1.165) is 31.4 Å². The minimum atomic E-state index is 0.782. The highest BCUT2D eigenvalue weighted by Crippen LogP contribution is 2.07. The van der Waals surface area contributed by atoms with Crippen molar-refractivity contribution < 1.29 is 4.90 Å². The van der Waals surface area contributed by atoms with Crippen LogP contribution >= 0.6 is 23.6 Å². The van der Waals surface area contributed by atoms with Crippen LogP contribution in [0, 0.1) is 0 Å². The van der Waals surface area contributed by atoms with Gasteiger partial charge in [0.25, 0.3) is 0 Å². The van der Waals surface area contributed by atoms with Crippen LogP contribution in [0.15, 0.2) is 17.5 Å². The monoisotopic (exact) mass is 228 g/mol. The highest BCUT2D eigenvalue weighted by molar-refractivity contribution is 7.80. The Hall–Kier alpha value is -0.650. The van der Waals surface area contributed by atoms with E-state index in [2.05, 4.69) is 28.1 Å². The van der Waals surface area contributed by atoms with Gasteiger partial charge in [-0.3, -0.25) is 0 Å². The first kappa shape index (κ1) is 9.89. The molecule has 0 atom stereocenters. The highest BCUT2D eigenvalue weighted by Gasteiger charge is 2.14. The second-order valence-corrected chi connectivity index (χ2v) is 4.81. The van der Waals surface area contributed by atoms with Gasteiger partial charge in [-0.15, -0.1) is 11.3 Å². The molecular formula is C9H14N3S2+. The van der Waals surface area contributed by atoms with Crippen LogP contribution in [0.1, 0.15) is 4.88 Å². The van der Waals surface area contributed by atoms with Crippen LogP contribution in [0.4, 0.5) is 0 Å². The Morgan fingerprint density at radius 1 is 1.43 bits per heavy atom. The van der Waals surface area contributed by atoms with Gasteiger partial charge in [-0.25, -0.2) is 0 Å². The third-order valence-electron chi connectivity index (χ3n) is 2.30. The Balaban J connectivity index is 1.73. The van der Waals surface area contributed by atoms with Crippen LogP contribution in [-0.4, -0.2) is 25.0 Å². The number of nitrogens with one attached hydrogen (secondary N) is 3. The first-order valence-electron chi connectivity index (χ1n) is 4.72. The average molecular weight is 228 g/mol. The Morgan fingerprint density at radius 3 is 2.86 bits per heavy atom. The zero-order chi connectivity index (χ0) is 9.80. The molecule has 0 amide bonds. The molecule has 14 heavy (non-hydrogen) atoms. The van der Waals surface area contributed by atoms with Gasteiger partial charge in [0.05, 0.1) is 6.54 Å². The molecule has 1 aliphatic heterocycles. The van der Waals surface area contributed by atoms with E-state index in [-0.39, 0.29) is 0 Å². The van der Waals surface area contributed by atoms with Gasteiger partial charge >= 0.3 is 0 Å². The SMILES string of the molecule is S=C1NC[NH+](CCc2cccs2)CN1. The van der Waals surface area contributed by atoms with Crippen molar-refractivity contribution in [2.45, 2.75) is 6.42 Å². The predicted octanol–water partition coefficient (Wildman–Crippen LogP) is -0.432. The standard InChI is InChI=1S/C9H13N3S2/c13-9-10-6-12(7-11-9)4-3-8-2-1-5-14-8/h1-2,5H,3-4,6-7H2,(H2,10,11,13)/p+1. The van der Waals surface area contributed by atoms with Gasteiger partial charge < -0.3 is 15.5 Å². The first-order valence-corrected chi connectivity index (χ1v) is 6.01. The molecule has 0 aliphatic carbocycles. The quantitative estimate of drug-likeness (QED) is 0.613. The molecular weight excluding hydrogens is 214 g/mol. The maximum absolute atomic E-state index is 4.99. The lowest BCUT2D eigenvalue weighted by Crippen LogP contribution is -3.17. The van der Waals surface area contributed by atoms with E-state index in [0.29, 0.717) is 0 Å². The van der Waals surface area contributed by atoms with Crippen LogP contribution in [0.25, 0.3) is 0 Å². The van der Waals surface area contributed by atoms with Crippen LogP contribution in [0.3, 0.4) is 0 Å². The largest absolute Gasteiger partial charge is 0.316 e.